The maximum Gasteiger partial charge on any atom is 0.120 e. The van der Waals surface area contributed by atoms with Gasteiger partial charge in [-0.15, -0.1) is 0 Å². The van der Waals surface area contributed by atoms with Crippen molar-refractivity contribution in [3.05, 3.63) is 23.8 Å². The van der Waals surface area contributed by atoms with E-state index in [1.165, 1.54) is 36.8 Å². The summed E-state index contributed by atoms with van der Waals surface area (Å²) in [4.78, 5) is 10.2. The first kappa shape index (κ1) is 16.1. The standard InChI is InChI=1S/C16H28O/c1-14(2)8-5-9-15(3)10-6-11-16(4)12-7-13-17/h8,13,15H,4-7,9-12H2,1-3H3. The highest BCUT2D eigenvalue weighted by Crippen LogP contribution is 2.18. The molecule has 0 aromatic carbocycles. The van der Waals surface area contributed by atoms with E-state index in [1.807, 2.05) is 0 Å². The van der Waals surface area contributed by atoms with Crippen LogP contribution in [-0.2, 0) is 4.79 Å². The normalized spacial score (nSPS) is 11.9. The SMILES string of the molecule is C=C(CCC=O)CCCC(C)CCC=C(C)C. The maximum atomic E-state index is 10.2. The van der Waals surface area contributed by atoms with Crippen LogP contribution in [0, 0.1) is 5.92 Å². The lowest BCUT2D eigenvalue weighted by molar-refractivity contribution is -0.107. The quantitative estimate of drug-likeness (QED) is 0.382. The van der Waals surface area contributed by atoms with E-state index in [9.17, 15) is 4.79 Å². The number of carbonyl (C=O) groups is 1. The molecule has 0 aliphatic rings. The number of allylic oxidation sites excluding steroid dienone is 3. The van der Waals surface area contributed by atoms with E-state index in [1.54, 1.807) is 0 Å². The summed E-state index contributed by atoms with van der Waals surface area (Å²) in [5.74, 6) is 0.796. The Bertz CT molecular complexity index is 246. The van der Waals surface area contributed by atoms with Crippen molar-refractivity contribution in [1.82, 2.24) is 0 Å². The van der Waals surface area contributed by atoms with E-state index in [4.69, 9.17) is 0 Å². The molecule has 0 aliphatic carbocycles. The summed E-state index contributed by atoms with van der Waals surface area (Å²) in [7, 11) is 0. The van der Waals surface area contributed by atoms with Crippen LogP contribution in [0.25, 0.3) is 0 Å². The summed E-state index contributed by atoms with van der Waals surface area (Å²) in [6.07, 6.45) is 10.9. The van der Waals surface area contributed by atoms with Crippen LogP contribution in [0.2, 0.25) is 0 Å². The van der Waals surface area contributed by atoms with E-state index in [2.05, 4.69) is 33.4 Å². The highest BCUT2D eigenvalue weighted by atomic mass is 16.1. The minimum Gasteiger partial charge on any atom is -0.303 e. The molecule has 0 aromatic heterocycles. The zero-order valence-corrected chi connectivity index (χ0v) is 11.8. The van der Waals surface area contributed by atoms with Gasteiger partial charge in [0.15, 0.2) is 0 Å². The molecular weight excluding hydrogens is 208 g/mol. The highest BCUT2D eigenvalue weighted by Gasteiger charge is 2.02. The first-order valence-corrected chi connectivity index (χ1v) is 6.80. The van der Waals surface area contributed by atoms with Gasteiger partial charge in [-0.3, -0.25) is 0 Å². The molecule has 1 unspecified atom stereocenters. The third kappa shape index (κ3) is 11.4. The topological polar surface area (TPSA) is 17.1 Å². The predicted octanol–water partition coefficient (Wildman–Crippen LogP) is 5.07. The Morgan fingerprint density at radius 3 is 2.47 bits per heavy atom. The first-order valence-electron chi connectivity index (χ1n) is 6.80. The molecular formula is C16H28O. The van der Waals surface area contributed by atoms with Crippen LogP contribution in [0.15, 0.2) is 23.8 Å². The largest absolute Gasteiger partial charge is 0.303 e. The zero-order chi connectivity index (χ0) is 13.1. The lowest BCUT2D eigenvalue weighted by atomic mass is 9.96. The van der Waals surface area contributed by atoms with Gasteiger partial charge in [-0.05, 0) is 51.9 Å². The lowest BCUT2D eigenvalue weighted by Crippen LogP contribution is -1.95. The Labute approximate surface area is 107 Å². The second kappa shape index (κ2) is 10.3. The Morgan fingerprint density at radius 1 is 1.18 bits per heavy atom. The monoisotopic (exact) mass is 236 g/mol. The summed E-state index contributed by atoms with van der Waals surface area (Å²) in [5, 5.41) is 0. The molecule has 0 radical (unpaired) electrons. The number of carbonyl (C=O) groups excluding carboxylic acids is 1. The van der Waals surface area contributed by atoms with Crippen molar-refractivity contribution in [2.45, 2.75) is 65.7 Å². The van der Waals surface area contributed by atoms with Gasteiger partial charge in [-0.25, -0.2) is 0 Å². The molecule has 0 aliphatic heterocycles. The van der Waals surface area contributed by atoms with Crippen molar-refractivity contribution < 1.29 is 4.79 Å². The molecule has 98 valence electrons. The average Bonchev–Trinajstić information content (AvgIpc) is 2.25. The van der Waals surface area contributed by atoms with Crippen molar-refractivity contribution in [3.63, 3.8) is 0 Å². The maximum absolute atomic E-state index is 10.2. The second-order valence-corrected chi connectivity index (χ2v) is 5.31. The van der Waals surface area contributed by atoms with Crippen LogP contribution in [0.1, 0.15) is 65.7 Å². The fraction of sp³-hybridized carbons (Fsp3) is 0.688. The molecule has 0 fully saturated rings. The molecule has 0 saturated heterocycles. The molecule has 1 atom stereocenters. The third-order valence-corrected chi connectivity index (χ3v) is 3.06. The van der Waals surface area contributed by atoms with Crippen molar-refractivity contribution in [2.75, 3.05) is 0 Å². The van der Waals surface area contributed by atoms with Gasteiger partial charge < -0.3 is 4.79 Å². The van der Waals surface area contributed by atoms with E-state index < -0.39 is 0 Å². The molecule has 0 rings (SSSR count). The number of hydrogen-bond acceptors (Lipinski definition) is 1. The predicted molar refractivity (Wildman–Crippen MR) is 76.1 cm³/mol. The minimum atomic E-state index is 0.634. The second-order valence-electron chi connectivity index (χ2n) is 5.31. The van der Waals surface area contributed by atoms with Crippen molar-refractivity contribution in [2.24, 2.45) is 5.92 Å². The van der Waals surface area contributed by atoms with Gasteiger partial charge in [0.25, 0.3) is 0 Å². The molecule has 0 aromatic rings. The zero-order valence-electron chi connectivity index (χ0n) is 11.8. The van der Waals surface area contributed by atoms with Gasteiger partial charge >= 0.3 is 0 Å². The molecule has 0 N–H and O–H groups in total. The molecule has 1 nitrogen and oxygen atoms in total. The molecule has 0 amide bonds. The van der Waals surface area contributed by atoms with Crippen LogP contribution >= 0.6 is 0 Å². The molecule has 17 heavy (non-hydrogen) atoms. The summed E-state index contributed by atoms with van der Waals surface area (Å²) >= 11 is 0. The van der Waals surface area contributed by atoms with E-state index in [0.29, 0.717) is 6.42 Å². The Balaban J connectivity index is 3.50. The van der Waals surface area contributed by atoms with Crippen LogP contribution in [-0.4, -0.2) is 6.29 Å². The Hall–Kier alpha value is -0.850. The van der Waals surface area contributed by atoms with E-state index in [-0.39, 0.29) is 0 Å². The van der Waals surface area contributed by atoms with Gasteiger partial charge in [-0.2, -0.15) is 0 Å². The van der Waals surface area contributed by atoms with Gasteiger partial charge in [0, 0.05) is 6.42 Å². The van der Waals surface area contributed by atoms with Crippen LogP contribution in [0.5, 0.6) is 0 Å². The van der Waals surface area contributed by atoms with Gasteiger partial charge in [-0.1, -0.05) is 37.1 Å². The molecule has 0 heterocycles. The summed E-state index contributed by atoms with van der Waals surface area (Å²) < 4.78 is 0. The summed E-state index contributed by atoms with van der Waals surface area (Å²) in [5.41, 5.74) is 2.65. The average molecular weight is 236 g/mol. The fourth-order valence-corrected chi connectivity index (χ4v) is 1.89. The van der Waals surface area contributed by atoms with Gasteiger partial charge in [0.05, 0.1) is 0 Å². The molecule has 1 heteroatoms. The molecule has 0 bridgehead atoms. The number of hydrogen-bond donors (Lipinski definition) is 0. The molecule has 0 spiro atoms. The van der Waals surface area contributed by atoms with Crippen molar-refractivity contribution >= 4 is 6.29 Å². The van der Waals surface area contributed by atoms with Crippen LogP contribution in [0.3, 0.4) is 0 Å². The number of aldehydes is 1. The lowest BCUT2D eigenvalue weighted by Gasteiger charge is -2.10. The van der Waals surface area contributed by atoms with Crippen molar-refractivity contribution in [3.8, 4) is 0 Å². The minimum absolute atomic E-state index is 0.634. The van der Waals surface area contributed by atoms with Gasteiger partial charge in [0.1, 0.15) is 6.29 Å². The van der Waals surface area contributed by atoms with E-state index in [0.717, 1.165) is 25.0 Å². The third-order valence-electron chi connectivity index (χ3n) is 3.06. The van der Waals surface area contributed by atoms with Gasteiger partial charge in [0.2, 0.25) is 0 Å². The fourth-order valence-electron chi connectivity index (χ4n) is 1.89. The first-order chi connectivity index (χ1) is 8.06. The Morgan fingerprint density at radius 2 is 1.88 bits per heavy atom. The smallest absolute Gasteiger partial charge is 0.120 e. The van der Waals surface area contributed by atoms with Crippen molar-refractivity contribution in [1.29, 1.82) is 0 Å². The Kier molecular flexibility index (Phi) is 9.80. The highest BCUT2D eigenvalue weighted by molar-refractivity contribution is 5.49. The summed E-state index contributed by atoms with van der Waals surface area (Å²) in [6.45, 7) is 10.6. The summed E-state index contributed by atoms with van der Waals surface area (Å²) in [6, 6.07) is 0. The number of rotatable bonds is 10. The van der Waals surface area contributed by atoms with Crippen LogP contribution in [0.4, 0.5) is 0 Å². The van der Waals surface area contributed by atoms with Crippen LogP contribution < -0.4 is 0 Å². The van der Waals surface area contributed by atoms with E-state index >= 15 is 0 Å². The molecule has 0 saturated carbocycles.